The van der Waals surface area contributed by atoms with E-state index in [9.17, 15) is 19.2 Å². The molecule has 0 saturated heterocycles. The molecule has 0 aliphatic heterocycles. The third-order valence-electron chi connectivity index (χ3n) is 2.69. The van der Waals surface area contributed by atoms with E-state index in [-0.39, 0.29) is 12.3 Å². The number of thioether (sulfide) groups is 1. The number of nitrogens with two attached hydrogens (primary N) is 4. The molecule has 0 heterocycles. The number of amides is 1. The summed E-state index contributed by atoms with van der Waals surface area (Å²) in [5.74, 6) is -2.93. The number of hydrogen-bond acceptors (Lipinski definition) is 8. The van der Waals surface area contributed by atoms with Gasteiger partial charge in [0.15, 0.2) is 0 Å². The van der Waals surface area contributed by atoms with Gasteiger partial charge in [-0.25, -0.2) is 0 Å². The number of primary amides is 1. The minimum absolute atomic E-state index is 0.0208. The lowest BCUT2D eigenvalue weighted by molar-refractivity contribution is -0.140. The van der Waals surface area contributed by atoms with Crippen molar-refractivity contribution < 1.29 is 34.5 Å². The standard InChI is InChI=1S/C5H11NO2S.C5H11NO2.C4H8N2O3/c1-9-3-2-4(6)5(7)8;1-3(2)4(6)5(7)8;5-2(4(8)9)1-3(6)7/h4H,2-3,6H2,1H3,(H,7,8);3-4H,6H2,1-2H3,(H,7,8);2H,1,5H2,(H2,6,7)(H,8,9)/t2*4-;2-/m000/s1. The number of hydrogen-bond donors (Lipinski definition) is 7. The van der Waals surface area contributed by atoms with E-state index in [1.807, 2.05) is 6.26 Å². The van der Waals surface area contributed by atoms with Gasteiger partial charge >= 0.3 is 17.9 Å². The van der Waals surface area contributed by atoms with E-state index in [1.54, 1.807) is 25.6 Å². The summed E-state index contributed by atoms with van der Waals surface area (Å²) in [6.45, 7) is 3.55. The maximum absolute atomic E-state index is 10.1. The minimum Gasteiger partial charge on any atom is -0.480 e. The molecular weight excluding hydrogens is 368 g/mol. The van der Waals surface area contributed by atoms with Crippen LogP contribution in [0.4, 0.5) is 0 Å². The molecule has 0 aromatic heterocycles. The molecule has 12 heteroatoms. The monoisotopic (exact) mass is 398 g/mol. The summed E-state index contributed by atoms with van der Waals surface area (Å²) in [6, 6.07) is -2.56. The van der Waals surface area contributed by atoms with Crippen LogP contribution in [0.5, 0.6) is 0 Å². The Hall–Kier alpha value is -1.89. The van der Waals surface area contributed by atoms with Crippen molar-refractivity contribution in [1.29, 1.82) is 0 Å². The molecule has 0 radical (unpaired) electrons. The first-order valence-electron chi connectivity index (χ1n) is 7.50. The Labute approximate surface area is 156 Å². The van der Waals surface area contributed by atoms with E-state index in [4.69, 9.17) is 32.5 Å². The Morgan fingerprint density at radius 1 is 0.885 bits per heavy atom. The Bertz CT molecular complexity index is 449. The van der Waals surface area contributed by atoms with Crippen LogP contribution in [0.1, 0.15) is 26.7 Å². The van der Waals surface area contributed by atoms with Gasteiger partial charge in [0.1, 0.15) is 18.1 Å². The average Bonchev–Trinajstić information content (AvgIpc) is 2.51. The van der Waals surface area contributed by atoms with Crippen molar-refractivity contribution in [3.05, 3.63) is 0 Å². The first-order valence-corrected chi connectivity index (χ1v) is 8.89. The fourth-order valence-electron chi connectivity index (χ4n) is 0.958. The highest BCUT2D eigenvalue weighted by molar-refractivity contribution is 7.98. The highest BCUT2D eigenvalue weighted by Crippen LogP contribution is 1.98. The van der Waals surface area contributed by atoms with Crippen LogP contribution in [0.2, 0.25) is 0 Å². The summed E-state index contributed by atoms with van der Waals surface area (Å²) in [7, 11) is 0. The molecule has 11 N–H and O–H groups in total. The van der Waals surface area contributed by atoms with Crippen LogP contribution in [-0.2, 0) is 19.2 Å². The second-order valence-corrected chi connectivity index (χ2v) is 6.44. The maximum Gasteiger partial charge on any atom is 0.321 e. The zero-order chi connectivity index (χ0) is 21.4. The van der Waals surface area contributed by atoms with Gasteiger partial charge in [-0.3, -0.25) is 19.2 Å². The van der Waals surface area contributed by atoms with Crippen LogP contribution in [0.3, 0.4) is 0 Å². The average molecular weight is 398 g/mol. The van der Waals surface area contributed by atoms with E-state index < -0.39 is 41.9 Å². The topological polar surface area (TPSA) is 233 Å². The zero-order valence-electron chi connectivity index (χ0n) is 15.1. The zero-order valence-corrected chi connectivity index (χ0v) is 15.9. The molecule has 0 spiro atoms. The highest BCUT2D eigenvalue weighted by Gasteiger charge is 2.14. The van der Waals surface area contributed by atoms with Crippen molar-refractivity contribution in [2.24, 2.45) is 28.9 Å². The number of carbonyl (C=O) groups excluding carboxylic acids is 1. The Balaban J connectivity index is -0.000000306. The van der Waals surface area contributed by atoms with Gasteiger partial charge in [0, 0.05) is 0 Å². The van der Waals surface area contributed by atoms with Crippen molar-refractivity contribution in [3.63, 3.8) is 0 Å². The summed E-state index contributed by atoms with van der Waals surface area (Å²) < 4.78 is 0. The van der Waals surface area contributed by atoms with Gasteiger partial charge < -0.3 is 38.3 Å². The van der Waals surface area contributed by atoms with E-state index in [0.29, 0.717) is 6.42 Å². The maximum atomic E-state index is 10.1. The van der Waals surface area contributed by atoms with Crippen LogP contribution in [0.25, 0.3) is 0 Å². The largest absolute Gasteiger partial charge is 0.480 e. The number of carbonyl (C=O) groups is 4. The van der Waals surface area contributed by atoms with Gasteiger partial charge in [0.2, 0.25) is 5.91 Å². The summed E-state index contributed by atoms with van der Waals surface area (Å²) in [5, 5.41) is 24.6. The first kappa shape index (κ1) is 28.9. The Kier molecular flexibility index (Phi) is 18.4. The number of carboxylic acid groups (broad SMARTS) is 3. The van der Waals surface area contributed by atoms with Gasteiger partial charge in [-0.1, -0.05) is 13.8 Å². The van der Waals surface area contributed by atoms with Crippen LogP contribution >= 0.6 is 11.8 Å². The van der Waals surface area contributed by atoms with Gasteiger partial charge in [-0.15, -0.1) is 0 Å². The van der Waals surface area contributed by atoms with Crippen molar-refractivity contribution in [2.45, 2.75) is 44.8 Å². The number of rotatable bonds is 9. The lowest BCUT2D eigenvalue weighted by Gasteiger charge is -2.07. The van der Waals surface area contributed by atoms with E-state index >= 15 is 0 Å². The quantitative estimate of drug-likeness (QED) is 0.235. The van der Waals surface area contributed by atoms with Crippen LogP contribution in [0.15, 0.2) is 0 Å². The Morgan fingerprint density at radius 3 is 1.46 bits per heavy atom. The molecule has 0 bridgehead atoms. The lowest BCUT2D eigenvalue weighted by atomic mass is 10.1. The predicted molar refractivity (Wildman–Crippen MR) is 98.5 cm³/mol. The summed E-state index contributed by atoms with van der Waals surface area (Å²) in [4.78, 5) is 40.0. The fraction of sp³-hybridized carbons (Fsp3) is 0.714. The van der Waals surface area contributed by atoms with E-state index in [1.165, 1.54) is 0 Å². The molecule has 154 valence electrons. The number of aliphatic carboxylic acids is 3. The molecule has 0 aromatic rings. The third-order valence-corrected chi connectivity index (χ3v) is 3.34. The van der Waals surface area contributed by atoms with Crippen LogP contribution < -0.4 is 22.9 Å². The molecule has 0 aliphatic rings. The van der Waals surface area contributed by atoms with Crippen LogP contribution in [-0.4, -0.2) is 69.3 Å². The van der Waals surface area contributed by atoms with E-state index in [2.05, 4.69) is 5.73 Å². The van der Waals surface area contributed by atoms with Crippen molar-refractivity contribution in [2.75, 3.05) is 12.0 Å². The second kappa shape index (κ2) is 16.6. The number of carboxylic acids is 3. The molecule has 0 fully saturated rings. The summed E-state index contributed by atoms with van der Waals surface area (Å²) >= 11 is 1.60. The molecule has 0 rings (SSSR count). The van der Waals surface area contributed by atoms with Crippen molar-refractivity contribution in [3.8, 4) is 0 Å². The molecule has 26 heavy (non-hydrogen) atoms. The minimum atomic E-state index is -1.21. The van der Waals surface area contributed by atoms with Crippen molar-refractivity contribution >= 4 is 35.6 Å². The molecule has 1 amide bonds. The van der Waals surface area contributed by atoms with Gasteiger partial charge in [0.05, 0.1) is 6.42 Å². The van der Waals surface area contributed by atoms with E-state index in [0.717, 1.165) is 5.75 Å². The molecule has 3 atom stereocenters. The summed E-state index contributed by atoms with van der Waals surface area (Å²) in [5.41, 5.74) is 19.9. The molecule has 0 saturated carbocycles. The summed E-state index contributed by atoms with van der Waals surface area (Å²) in [6.07, 6.45) is 2.17. The SMILES string of the molecule is CC(C)[C@H](N)C(=O)O.CSCC[C@H](N)C(=O)O.NC(=O)C[C@H](N)C(=O)O. The van der Waals surface area contributed by atoms with Gasteiger partial charge in [0.25, 0.3) is 0 Å². The second-order valence-electron chi connectivity index (χ2n) is 5.45. The molecule has 0 aliphatic carbocycles. The molecule has 0 unspecified atom stereocenters. The smallest absolute Gasteiger partial charge is 0.321 e. The fourth-order valence-corrected chi connectivity index (χ4v) is 1.45. The van der Waals surface area contributed by atoms with Gasteiger partial charge in [-0.05, 0) is 24.3 Å². The van der Waals surface area contributed by atoms with Crippen molar-refractivity contribution in [1.82, 2.24) is 0 Å². The lowest BCUT2D eigenvalue weighted by Crippen LogP contribution is -2.34. The highest BCUT2D eigenvalue weighted by atomic mass is 32.2. The van der Waals surface area contributed by atoms with Crippen LogP contribution in [0, 0.1) is 5.92 Å². The normalized spacial score (nSPS) is 13.2. The Morgan fingerprint density at radius 2 is 1.31 bits per heavy atom. The molecule has 0 aromatic carbocycles. The molecular formula is C14H30N4O7S. The third kappa shape index (κ3) is 20.2. The molecule has 11 nitrogen and oxygen atoms in total. The van der Waals surface area contributed by atoms with Gasteiger partial charge in [-0.2, -0.15) is 11.8 Å². The predicted octanol–water partition coefficient (Wildman–Crippen LogP) is -1.52. The first-order chi connectivity index (χ1) is 11.8.